The van der Waals surface area contributed by atoms with Crippen LogP contribution in [-0.4, -0.2) is 54.3 Å². The number of anilines is 1. The van der Waals surface area contributed by atoms with Gasteiger partial charge in [-0.05, 0) is 37.9 Å². The van der Waals surface area contributed by atoms with Gasteiger partial charge in [0.15, 0.2) is 0 Å². The molecular weight excluding hydrogens is 368 g/mol. The molecule has 0 radical (unpaired) electrons. The fourth-order valence-electron chi connectivity index (χ4n) is 3.61. The number of thiophene rings is 1. The number of ether oxygens (including phenoxy) is 1. The van der Waals surface area contributed by atoms with E-state index in [-0.39, 0.29) is 0 Å². The maximum atomic E-state index is 5.43. The normalized spacial score (nSPS) is 15.2. The average molecular weight is 397 g/mol. The van der Waals surface area contributed by atoms with E-state index in [0.29, 0.717) is 0 Å². The number of aryl methyl sites for hydroxylation is 2. The summed E-state index contributed by atoms with van der Waals surface area (Å²) < 4.78 is 5.43. The first kappa shape index (κ1) is 19.3. The van der Waals surface area contributed by atoms with E-state index in [0.717, 1.165) is 68.7 Å². The van der Waals surface area contributed by atoms with Gasteiger partial charge in [0.25, 0.3) is 0 Å². The minimum atomic E-state index is 0.759. The number of benzene rings is 1. The van der Waals surface area contributed by atoms with Crippen molar-refractivity contribution in [1.29, 1.82) is 0 Å². The number of nitrogens with zero attached hydrogens (tertiary/aromatic N) is 3. The van der Waals surface area contributed by atoms with Gasteiger partial charge in [-0.3, -0.25) is 4.90 Å². The largest absolute Gasteiger partial charge is 0.379 e. The number of morpholine rings is 1. The Bertz CT molecular complexity index is 919. The number of rotatable bonds is 7. The van der Waals surface area contributed by atoms with Gasteiger partial charge in [-0.25, -0.2) is 9.97 Å². The van der Waals surface area contributed by atoms with Crippen LogP contribution in [0.3, 0.4) is 0 Å². The molecule has 1 fully saturated rings. The zero-order valence-corrected chi connectivity index (χ0v) is 17.5. The van der Waals surface area contributed by atoms with E-state index in [4.69, 9.17) is 14.7 Å². The molecular formula is C22H28N4OS. The molecule has 0 saturated carbocycles. The highest BCUT2D eigenvalue weighted by atomic mass is 32.1. The molecule has 0 unspecified atom stereocenters. The predicted octanol–water partition coefficient (Wildman–Crippen LogP) is 4.03. The summed E-state index contributed by atoms with van der Waals surface area (Å²) in [5.74, 6) is 1.87. The van der Waals surface area contributed by atoms with Gasteiger partial charge in [0.1, 0.15) is 16.5 Å². The summed E-state index contributed by atoms with van der Waals surface area (Å²) in [6.07, 6.45) is 1.86. The fraction of sp³-hybridized carbons (Fsp3) is 0.455. The molecule has 0 bridgehead atoms. The van der Waals surface area contributed by atoms with Crippen molar-refractivity contribution in [2.45, 2.75) is 26.7 Å². The van der Waals surface area contributed by atoms with Crippen LogP contribution in [0.2, 0.25) is 0 Å². The summed E-state index contributed by atoms with van der Waals surface area (Å²) in [6, 6.07) is 10.4. The lowest BCUT2D eigenvalue weighted by molar-refractivity contribution is 0.0378. The lowest BCUT2D eigenvalue weighted by Gasteiger charge is -2.26. The molecule has 1 aromatic carbocycles. The third-order valence-corrected chi connectivity index (χ3v) is 6.43. The molecule has 0 spiro atoms. The third-order valence-electron chi connectivity index (χ3n) is 5.33. The monoisotopic (exact) mass is 396 g/mol. The first-order chi connectivity index (χ1) is 13.7. The Kier molecular flexibility index (Phi) is 6.20. The van der Waals surface area contributed by atoms with Crippen molar-refractivity contribution in [2.24, 2.45) is 0 Å². The van der Waals surface area contributed by atoms with Gasteiger partial charge in [-0.1, -0.05) is 30.3 Å². The van der Waals surface area contributed by atoms with Crippen LogP contribution >= 0.6 is 11.3 Å². The topological polar surface area (TPSA) is 50.3 Å². The molecule has 148 valence electrons. The zero-order chi connectivity index (χ0) is 19.3. The van der Waals surface area contributed by atoms with E-state index in [9.17, 15) is 0 Å². The van der Waals surface area contributed by atoms with Gasteiger partial charge in [-0.2, -0.15) is 0 Å². The second-order valence-corrected chi connectivity index (χ2v) is 8.55. The molecule has 1 N–H and O–H groups in total. The van der Waals surface area contributed by atoms with Crippen molar-refractivity contribution in [1.82, 2.24) is 14.9 Å². The van der Waals surface area contributed by atoms with Crippen molar-refractivity contribution in [2.75, 3.05) is 44.7 Å². The molecule has 0 atom stereocenters. The number of fused-ring (bicyclic) bond motifs is 1. The zero-order valence-electron chi connectivity index (χ0n) is 16.7. The highest BCUT2D eigenvalue weighted by Crippen LogP contribution is 2.33. The summed E-state index contributed by atoms with van der Waals surface area (Å²) in [5, 5.41) is 4.79. The van der Waals surface area contributed by atoms with Crippen LogP contribution in [-0.2, 0) is 11.2 Å². The Labute approximate surface area is 170 Å². The summed E-state index contributed by atoms with van der Waals surface area (Å²) in [6.45, 7) is 10.2. The number of nitrogens with one attached hydrogen (secondary N) is 1. The Hall–Kier alpha value is -2.02. The minimum absolute atomic E-state index is 0.759. The van der Waals surface area contributed by atoms with Crippen molar-refractivity contribution in [3.63, 3.8) is 0 Å². The van der Waals surface area contributed by atoms with Crippen LogP contribution in [0.25, 0.3) is 10.2 Å². The van der Waals surface area contributed by atoms with Crippen molar-refractivity contribution in [3.8, 4) is 0 Å². The molecule has 28 heavy (non-hydrogen) atoms. The molecule has 6 heteroatoms. The smallest absolute Gasteiger partial charge is 0.138 e. The van der Waals surface area contributed by atoms with Gasteiger partial charge in [0.2, 0.25) is 0 Å². The molecule has 3 heterocycles. The lowest BCUT2D eigenvalue weighted by atomic mass is 10.1. The van der Waals surface area contributed by atoms with Gasteiger partial charge in [0, 0.05) is 30.9 Å². The Morgan fingerprint density at radius 2 is 1.89 bits per heavy atom. The van der Waals surface area contributed by atoms with E-state index in [2.05, 4.69) is 48.3 Å². The standard InChI is InChI=1S/C22H28N4OS/c1-16-17(2)28-22-20(16)21(23-9-6-10-26-11-13-27-14-12-26)24-19(25-22)15-18-7-4-3-5-8-18/h3-5,7-8H,6,9-15H2,1-2H3,(H,23,24,25). The molecule has 3 aromatic rings. The second-order valence-electron chi connectivity index (χ2n) is 7.35. The van der Waals surface area contributed by atoms with Gasteiger partial charge < -0.3 is 10.1 Å². The Balaban J connectivity index is 1.49. The van der Waals surface area contributed by atoms with Crippen LogP contribution < -0.4 is 5.32 Å². The van der Waals surface area contributed by atoms with Crippen LogP contribution in [0.5, 0.6) is 0 Å². The summed E-state index contributed by atoms with van der Waals surface area (Å²) in [4.78, 5) is 14.6. The summed E-state index contributed by atoms with van der Waals surface area (Å²) >= 11 is 1.77. The first-order valence-corrected chi connectivity index (χ1v) is 10.9. The summed E-state index contributed by atoms with van der Waals surface area (Å²) in [7, 11) is 0. The molecule has 4 rings (SSSR count). The van der Waals surface area contributed by atoms with Crippen LogP contribution in [0, 0.1) is 13.8 Å². The highest BCUT2D eigenvalue weighted by Gasteiger charge is 2.15. The van der Waals surface area contributed by atoms with Crippen LogP contribution in [0.4, 0.5) is 5.82 Å². The maximum Gasteiger partial charge on any atom is 0.138 e. The summed E-state index contributed by atoms with van der Waals surface area (Å²) in [5.41, 5.74) is 2.53. The SMILES string of the molecule is Cc1sc2nc(Cc3ccccc3)nc(NCCCN3CCOCC3)c2c1C. The Morgan fingerprint density at radius 1 is 1.11 bits per heavy atom. The van der Waals surface area contributed by atoms with E-state index in [1.165, 1.54) is 21.4 Å². The maximum absolute atomic E-state index is 5.43. The molecule has 2 aromatic heterocycles. The lowest BCUT2D eigenvalue weighted by Crippen LogP contribution is -2.37. The predicted molar refractivity (Wildman–Crippen MR) is 117 cm³/mol. The quantitative estimate of drug-likeness (QED) is 0.611. The average Bonchev–Trinajstić information content (AvgIpc) is 3.00. The minimum Gasteiger partial charge on any atom is -0.379 e. The van der Waals surface area contributed by atoms with Gasteiger partial charge in [-0.15, -0.1) is 11.3 Å². The van der Waals surface area contributed by atoms with E-state index < -0.39 is 0 Å². The number of hydrogen-bond donors (Lipinski definition) is 1. The highest BCUT2D eigenvalue weighted by molar-refractivity contribution is 7.18. The van der Waals surface area contributed by atoms with Crippen molar-refractivity contribution in [3.05, 3.63) is 52.2 Å². The number of hydrogen-bond acceptors (Lipinski definition) is 6. The fourth-order valence-corrected chi connectivity index (χ4v) is 4.66. The van der Waals surface area contributed by atoms with E-state index in [1.807, 2.05) is 6.07 Å². The Morgan fingerprint density at radius 3 is 2.68 bits per heavy atom. The molecule has 0 amide bonds. The van der Waals surface area contributed by atoms with Crippen molar-refractivity contribution < 1.29 is 4.74 Å². The molecule has 1 aliphatic rings. The van der Waals surface area contributed by atoms with Crippen LogP contribution in [0.15, 0.2) is 30.3 Å². The van der Waals surface area contributed by atoms with E-state index >= 15 is 0 Å². The first-order valence-electron chi connectivity index (χ1n) is 10.1. The second kappa shape index (κ2) is 8.99. The van der Waals surface area contributed by atoms with Crippen molar-refractivity contribution >= 4 is 27.4 Å². The van der Waals surface area contributed by atoms with Gasteiger partial charge in [0.05, 0.1) is 18.6 Å². The molecule has 0 aliphatic carbocycles. The molecule has 5 nitrogen and oxygen atoms in total. The third kappa shape index (κ3) is 4.51. The van der Waals surface area contributed by atoms with Crippen LogP contribution in [0.1, 0.15) is 28.2 Å². The molecule has 1 saturated heterocycles. The molecule has 1 aliphatic heterocycles. The van der Waals surface area contributed by atoms with Gasteiger partial charge >= 0.3 is 0 Å². The number of aromatic nitrogens is 2. The van der Waals surface area contributed by atoms with E-state index in [1.54, 1.807) is 11.3 Å².